The van der Waals surface area contributed by atoms with E-state index in [1.807, 2.05) is 18.2 Å². The molecule has 0 bridgehead atoms. The zero-order valence-electron chi connectivity index (χ0n) is 10.5. The van der Waals surface area contributed by atoms with Gasteiger partial charge in [-0.3, -0.25) is 4.79 Å². The molecule has 2 aliphatic carbocycles. The van der Waals surface area contributed by atoms with Crippen molar-refractivity contribution < 1.29 is 13.6 Å². The molecule has 1 fully saturated rings. The quantitative estimate of drug-likeness (QED) is 0.734. The summed E-state index contributed by atoms with van der Waals surface area (Å²) in [6.07, 6.45) is 0.632. The van der Waals surface area contributed by atoms with Crippen LogP contribution in [0.5, 0.6) is 0 Å². The van der Waals surface area contributed by atoms with E-state index in [0.717, 1.165) is 22.0 Å². The highest BCUT2D eigenvalue weighted by atomic mass is 79.9. The summed E-state index contributed by atoms with van der Waals surface area (Å²) in [7, 11) is 0. The van der Waals surface area contributed by atoms with Gasteiger partial charge in [-0.1, -0.05) is 22.0 Å². The highest BCUT2D eigenvalue weighted by Gasteiger charge is 2.48. The minimum atomic E-state index is -2.25. The van der Waals surface area contributed by atoms with E-state index in [1.165, 1.54) is 0 Å². The molecule has 3 rings (SSSR count). The van der Waals surface area contributed by atoms with Gasteiger partial charge in [0.2, 0.25) is 6.43 Å². The lowest BCUT2D eigenvalue weighted by molar-refractivity contribution is 0.0256. The zero-order chi connectivity index (χ0) is 13.6. The van der Waals surface area contributed by atoms with Gasteiger partial charge in [0.15, 0.2) is 5.78 Å². The van der Waals surface area contributed by atoms with Gasteiger partial charge < -0.3 is 0 Å². The number of carbonyl (C=O) groups is 1. The molecule has 0 saturated heterocycles. The van der Waals surface area contributed by atoms with Gasteiger partial charge in [0.25, 0.3) is 0 Å². The molecule has 1 aromatic carbocycles. The summed E-state index contributed by atoms with van der Waals surface area (Å²) in [5, 5.41) is 0. The molecule has 0 amide bonds. The van der Waals surface area contributed by atoms with Gasteiger partial charge in [0, 0.05) is 21.4 Å². The molecule has 0 unspecified atom stereocenters. The van der Waals surface area contributed by atoms with E-state index in [-0.39, 0.29) is 5.78 Å². The summed E-state index contributed by atoms with van der Waals surface area (Å²) in [5.74, 6) is -0.356. The van der Waals surface area contributed by atoms with Crippen LogP contribution in [0, 0.1) is 11.3 Å². The van der Waals surface area contributed by atoms with Crippen molar-refractivity contribution in [2.45, 2.75) is 38.5 Å². The second-order valence-corrected chi connectivity index (χ2v) is 6.68. The van der Waals surface area contributed by atoms with Crippen LogP contribution in [0.4, 0.5) is 8.78 Å². The average Bonchev–Trinajstić information content (AvgIpc) is 2.64. The van der Waals surface area contributed by atoms with Crippen LogP contribution >= 0.6 is 15.9 Å². The highest BCUT2D eigenvalue weighted by molar-refractivity contribution is 9.10. The Kier molecular flexibility index (Phi) is 3.24. The predicted molar refractivity (Wildman–Crippen MR) is 72.6 cm³/mol. The molecule has 4 heteroatoms. The third-order valence-corrected chi connectivity index (χ3v) is 5.16. The monoisotopic (exact) mass is 328 g/mol. The number of ketones is 1. The fraction of sp³-hybridized carbons (Fsp3) is 0.533. The summed E-state index contributed by atoms with van der Waals surface area (Å²) in [6.45, 7) is 0. The molecular weight excluding hydrogens is 314 g/mol. The Morgan fingerprint density at radius 1 is 1.26 bits per heavy atom. The van der Waals surface area contributed by atoms with E-state index in [1.54, 1.807) is 0 Å². The Bertz CT molecular complexity index is 519. The maximum atomic E-state index is 12.7. The molecule has 0 N–H and O–H groups in total. The fourth-order valence-corrected chi connectivity index (χ4v) is 3.85. The van der Waals surface area contributed by atoms with Crippen LogP contribution in [0.2, 0.25) is 0 Å². The molecule has 2 aliphatic rings. The lowest BCUT2D eigenvalue weighted by Gasteiger charge is -2.35. The predicted octanol–water partition coefficient (Wildman–Crippen LogP) is 4.63. The number of halogens is 3. The Morgan fingerprint density at radius 3 is 2.58 bits per heavy atom. The molecule has 1 aromatic rings. The number of alkyl halides is 2. The second kappa shape index (κ2) is 4.65. The highest BCUT2D eigenvalue weighted by Crippen LogP contribution is 2.49. The number of benzene rings is 1. The van der Waals surface area contributed by atoms with E-state index >= 15 is 0 Å². The number of rotatable bonds is 1. The summed E-state index contributed by atoms with van der Waals surface area (Å²) in [4.78, 5) is 12.6. The molecular formula is C15H15BrF2O. The summed E-state index contributed by atoms with van der Waals surface area (Å²) in [5.41, 5.74) is 1.46. The largest absolute Gasteiger partial charge is 0.294 e. The Hall–Kier alpha value is -0.770. The van der Waals surface area contributed by atoms with Gasteiger partial charge in [-0.25, -0.2) is 8.78 Å². The minimum absolute atomic E-state index is 0.163. The Labute approximate surface area is 119 Å². The maximum absolute atomic E-state index is 12.7. The molecule has 19 heavy (non-hydrogen) atoms. The van der Waals surface area contributed by atoms with Crippen LogP contribution in [0.3, 0.4) is 0 Å². The SMILES string of the molecule is O=C1c2cc(Br)ccc2CC12CCC(C(F)F)CC2. The molecule has 0 aliphatic heterocycles. The van der Waals surface area contributed by atoms with Crippen LogP contribution < -0.4 is 0 Å². The van der Waals surface area contributed by atoms with Gasteiger partial charge in [0.1, 0.15) is 0 Å². The van der Waals surface area contributed by atoms with E-state index in [2.05, 4.69) is 15.9 Å². The second-order valence-electron chi connectivity index (χ2n) is 5.76. The van der Waals surface area contributed by atoms with Crippen LogP contribution in [0.1, 0.15) is 41.6 Å². The van der Waals surface area contributed by atoms with Crippen molar-refractivity contribution >= 4 is 21.7 Å². The molecule has 102 valence electrons. The van der Waals surface area contributed by atoms with Crippen LogP contribution in [0.25, 0.3) is 0 Å². The smallest absolute Gasteiger partial charge is 0.241 e. The first kappa shape index (κ1) is 13.2. The molecule has 0 radical (unpaired) electrons. The van der Waals surface area contributed by atoms with Crippen molar-refractivity contribution in [3.63, 3.8) is 0 Å². The summed E-state index contributed by atoms with van der Waals surface area (Å²) >= 11 is 3.38. The first-order valence-electron chi connectivity index (χ1n) is 6.63. The molecule has 0 heterocycles. The molecule has 1 spiro atoms. The van der Waals surface area contributed by atoms with Crippen LogP contribution in [-0.4, -0.2) is 12.2 Å². The number of hydrogen-bond donors (Lipinski definition) is 0. The van der Waals surface area contributed by atoms with E-state index in [9.17, 15) is 13.6 Å². The van der Waals surface area contributed by atoms with Crippen molar-refractivity contribution in [1.29, 1.82) is 0 Å². The molecule has 0 aromatic heterocycles. The topological polar surface area (TPSA) is 17.1 Å². The number of hydrogen-bond acceptors (Lipinski definition) is 1. The van der Waals surface area contributed by atoms with Crippen molar-refractivity contribution in [3.05, 3.63) is 33.8 Å². The zero-order valence-corrected chi connectivity index (χ0v) is 12.1. The van der Waals surface area contributed by atoms with E-state index in [4.69, 9.17) is 0 Å². The van der Waals surface area contributed by atoms with Gasteiger partial charge in [0.05, 0.1) is 0 Å². The van der Waals surface area contributed by atoms with Gasteiger partial charge >= 0.3 is 0 Å². The van der Waals surface area contributed by atoms with Crippen molar-refractivity contribution in [3.8, 4) is 0 Å². The lowest BCUT2D eigenvalue weighted by atomic mass is 9.68. The first-order chi connectivity index (χ1) is 9.02. The molecule has 1 nitrogen and oxygen atoms in total. The number of fused-ring (bicyclic) bond motifs is 1. The summed E-state index contributed by atoms with van der Waals surface area (Å²) in [6, 6.07) is 5.78. The lowest BCUT2D eigenvalue weighted by Crippen LogP contribution is -2.34. The van der Waals surface area contributed by atoms with Crippen molar-refractivity contribution in [1.82, 2.24) is 0 Å². The van der Waals surface area contributed by atoms with Crippen molar-refractivity contribution in [2.24, 2.45) is 11.3 Å². The van der Waals surface area contributed by atoms with Gasteiger partial charge in [-0.2, -0.15) is 0 Å². The minimum Gasteiger partial charge on any atom is -0.294 e. The fourth-order valence-electron chi connectivity index (χ4n) is 3.49. The standard InChI is InChI=1S/C15H15BrF2O/c16-11-2-1-10-8-15(13(19)12(10)7-11)5-3-9(4-6-15)14(17)18/h1-2,7,9,14H,3-6,8H2. The third kappa shape index (κ3) is 2.14. The normalized spacial score (nSPS) is 30.1. The molecule has 0 atom stereocenters. The first-order valence-corrected chi connectivity index (χ1v) is 7.42. The van der Waals surface area contributed by atoms with Crippen molar-refractivity contribution in [2.75, 3.05) is 0 Å². The van der Waals surface area contributed by atoms with Crippen LogP contribution in [0.15, 0.2) is 22.7 Å². The van der Waals surface area contributed by atoms with Gasteiger partial charge in [-0.05, 0) is 49.8 Å². The molecule has 1 saturated carbocycles. The van der Waals surface area contributed by atoms with Gasteiger partial charge in [-0.15, -0.1) is 0 Å². The summed E-state index contributed by atoms with van der Waals surface area (Å²) < 4.78 is 26.3. The maximum Gasteiger partial charge on any atom is 0.241 e. The van der Waals surface area contributed by atoms with E-state index in [0.29, 0.717) is 25.7 Å². The third-order valence-electron chi connectivity index (χ3n) is 4.67. The number of carbonyl (C=O) groups excluding carboxylic acids is 1. The van der Waals surface area contributed by atoms with Crippen LogP contribution in [-0.2, 0) is 6.42 Å². The Balaban J connectivity index is 1.84. The van der Waals surface area contributed by atoms with E-state index < -0.39 is 17.8 Å². The average molecular weight is 329 g/mol. The Morgan fingerprint density at radius 2 is 1.95 bits per heavy atom. The number of Topliss-reactive ketones (excluding diaryl/α,β-unsaturated/α-hetero) is 1.